The molecule has 1 aromatic rings. The quantitative estimate of drug-likeness (QED) is 0.752. The zero-order chi connectivity index (χ0) is 9.84. The van der Waals surface area contributed by atoms with Crippen molar-refractivity contribution < 1.29 is 9.18 Å². The van der Waals surface area contributed by atoms with Crippen LogP contribution in [0.5, 0.6) is 0 Å². The number of nitrogens with zero attached hydrogens (tertiary/aromatic N) is 2. The van der Waals surface area contributed by atoms with Crippen molar-refractivity contribution in [3.05, 3.63) is 17.7 Å². The van der Waals surface area contributed by atoms with E-state index in [1.165, 1.54) is 17.8 Å². The number of carbonyl (C=O) groups excluding carboxylic acids is 1. The molecule has 13 heavy (non-hydrogen) atoms. The van der Waals surface area contributed by atoms with Gasteiger partial charge in [-0.2, -0.15) is 9.49 Å². The van der Waals surface area contributed by atoms with Crippen LogP contribution in [0, 0.1) is 5.95 Å². The Hall–Kier alpha value is -1.39. The Kier molecular flexibility index (Phi) is 3.00. The van der Waals surface area contributed by atoms with E-state index in [2.05, 4.69) is 10.4 Å². The van der Waals surface area contributed by atoms with E-state index >= 15 is 0 Å². The lowest BCUT2D eigenvalue weighted by molar-refractivity contribution is -0.119. The largest absolute Gasteiger partial charge is 0.352 e. The number of aromatic nitrogens is 2. The number of hydrogen-bond acceptors (Lipinski definition) is 2. The van der Waals surface area contributed by atoms with Crippen LogP contribution in [0.2, 0.25) is 0 Å². The van der Waals surface area contributed by atoms with Crippen molar-refractivity contribution in [3.8, 4) is 0 Å². The van der Waals surface area contributed by atoms with Gasteiger partial charge < -0.3 is 5.32 Å². The summed E-state index contributed by atoms with van der Waals surface area (Å²) < 4.78 is 14.5. The molecule has 1 N–H and O–H groups in total. The fourth-order valence-corrected chi connectivity index (χ4v) is 0.968. The second-order valence-corrected chi connectivity index (χ2v) is 2.69. The number of amides is 1. The van der Waals surface area contributed by atoms with Crippen LogP contribution < -0.4 is 5.32 Å². The van der Waals surface area contributed by atoms with E-state index in [9.17, 15) is 9.18 Å². The monoisotopic (exact) mass is 185 g/mol. The Balaban J connectivity index is 2.67. The van der Waals surface area contributed by atoms with Crippen molar-refractivity contribution in [2.75, 3.05) is 0 Å². The van der Waals surface area contributed by atoms with Gasteiger partial charge in [0.15, 0.2) is 0 Å². The van der Waals surface area contributed by atoms with Gasteiger partial charge in [0.1, 0.15) is 0 Å². The fourth-order valence-electron chi connectivity index (χ4n) is 0.968. The van der Waals surface area contributed by atoms with Crippen LogP contribution >= 0.6 is 0 Å². The molecular weight excluding hydrogens is 173 g/mol. The standard InChI is InChI=1S/C8H12FN3O/c1-3-12-8(9)7(5-11-12)4-10-6(2)13/h5H,3-4H2,1-2H3,(H,10,13). The lowest BCUT2D eigenvalue weighted by atomic mass is 10.3. The summed E-state index contributed by atoms with van der Waals surface area (Å²) in [5.41, 5.74) is 0.414. The van der Waals surface area contributed by atoms with Gasteiger partial charge in [0.2, 0.25) is 11.9 Å². The molecule has 0 aliphatic rings. The molecular formula is C8H12FN3O. The van der Waals surface area contributed by atoms with E-state index in [0.29, 0.717) is 12.1 Å². The van der Waals surface area contributed by atoms with E-state index < -0.39 is 0 Å². The molecule has 1 amide bonds. The molecule has 1 aromatic heterocycles. The maximum absolute atomic E-state index is 13.2. The number of rotatable bonds is 3. The molecule has 0 aliphatic carbocycles. The SMILES string of the molecule is CCn1ncc(CNC(C)=O)c1F. The van der Waals surface area contributed by atoms with Crippen LogP contribution in [0.1, 0.15) is 19.4 Å². The lowest BCUT2D eigenvalue weighted by Crippen LogP contribution is -2.19. The molecule has 72 valence electrons. The van der Waals surface area contributed by atoms with Gasteiger partial charge in [0, 0.05) is 25.6 Å². The smallest absolute Gasteiger partial charge is 0.217 e. The molecule has 4 nitrogen and oxygen atoms in total. The first kappa shape index (κ1) is 9.70. The highest BCUT2D eigenvalue weighted by Crippen LogP contribution is 2.05. The highest BCUT2D eigenvalue weighted by molar-refractivity contribution is 5.72. The molecule has 0 unspecified atom stereocenters. The molecule has 0 fully saturated rings. The van der Waals surface area contributed by atoms with Gasteiger partial charge in [-0.25, -0.2) is 4.68 Å². The zero-order valence-corrected chi connectivity index (χ0v) is 7.67. The highest BCUT2D eigenvalue weighted by atomic mass is 19.1. The fraction of sp³-hybridized carbons (Fsp3) is 0.500. The summed E-state index contributed by atoms with van der Waals surface area (Å²) in [5, 5.41) is 6.31. The molecule has 0 aromatic carbocycles. The summed E-state index contributed by atoms with van der Waals surface area (Å²) in [6.07, 6.45) is 1.43. The molecule has 0 radical (unpaired) electrons. The van der Waals surface area contributed by atoms with E-state index in [1.807, 2.05) is 0 Å². The molecule has 0 saturated heterocycles. The molecule has 0 saturated carbocycles. The van der Waals surface area contributed by atoms with Gasteiger partial charge in [0.05, 0.1) is 6.20 Å². The second-order valence-electron chi connectivity index (χ2n) is 2.69. The van der Waals surface area contributed by atoms with Crippen LogP contribution in [0.15, 0.2) is 6.20 Å². The highest BCUT2D eigenvalue weighted by Gasteiger charge is 2.08. The molecule has 0 bridgehead atoms. The number of halogens is 1. The van der Waals surface area contributed by atoms with E-state index in [-0.39, 0.29) is 18.4 Å². The first-order valence-electron chi connectivity index (χ1n) is 4.09. The van der Waals surface area contributed by atoms with Crippen LogP contribution in [-0.2, 0) is 17.9 Å². The number of nitrogens with one attached hydrogen (secondary N) is 1. The lowest BCUT2D eigenvalue weighted by Gasteiger charge is -1.99. The normalized spacial score (nSPS) is 10.1. The minimum Gasteiger partial charge on any atom is -0.352 e. The summed E-state index contributed by atoms with van der Waals surface area (Å²) in [6.45, 7) is 3.88. The minimum atomic E-state index is -0.378. The van der Waals surface area contributed by atoms with E-state index in [0.717, 1.165) is 0 Å². The number of aryl methyl sites for hydroxylation is 1. The van der Waals surface area contributed by atoms with Crippen LogP contribution in [0.4, 0.5) is 4.39 Å². The maximum Gasteiger partial charge on any atom is 0.217 e. The van der Waals surface area contributed by atoms with Gasteiger partial charge >= 0.3 is 0 Å². The first-order chi connectivity index (χ1) is 6.15. The molecule has 0 spiro atoms. The third-order valence-corrected chi connectivity index (χ3v) is 1.67. The Morgan fingerprint density at radius 1 is 1.77 bits per heavy atom. The summed E-state index contributed by atoms with van der Waals surface area (Å²) in [7, 11) is 0. The summed E-state index contributed by atoms with van der Waals surface area (Å²) in [5.74, 6) is -0.556. The van der Waals surface area contributed by atoms with Crippen molar-refractivity contribution >= 4 is 5.91 Å². The average molecular weight is 185 g/mol. The third kappa shape index (κ3) is 2.27. The van der Waals surface area contributed by atoms with Gasteiger partial charge in [-0.1, -0.05) is 0 Å². The molecule has 0 aliphatic heterocycles. The average Bonchev–Trinajstić information content (AvgIpc) is 2.43. The molecule has 1 heterocycles. The van der Waals surface area contributed by atoms with Crippen LogP contribution in [-0.4, -0.2) is 15.7 Å². The Bertz CT molecular complexity index is 308. The Labute approximate surface area is 75.7 Å². The second kappa shape index (κ2) is 4.02. The summed E-state index contributed by atoms with van der Waals surface area (Å²) in [6, 6.07) is 0. The van der Waals surface area contributed by atoms with Crippen molar-refractivity contribution in [3.63, 3.8) is 0 Å². The zero-order valence-electron chi connectivity index (χ0n) is 7.67. The number of hydrogen-bond donors (Lipinski definition) is 1. The first-order valence-corrected chi connectivity index (χ1v) is 4.09. The molecule has 1 rings (SSSR count). The summed E-state index contributed by atoms with van der Waals surface area (Å²) in [4.78, 5) is 10.5. The van der Waals surface area contributed by atoms with Crippen LogP contribution in [0.3, 0.4) is 0 Å². The van der Waals surface area contributed by atoms with Crippen molar-refractivity contribution in [2.24, 2.45) is 0 Å². The third-order valence-electron chi connectivity index (χ3n) is 1.67. The predicted molar refractivity (Wildman–Crippen MR) is 45.4 cm³/mol. The number of carbonyl (C=O) groups is 1. The van der Waals surface area contributed by atoms with Crippen molar-refractivity contribution in [2.45, 2.75) is 26.9 Å². The van der Waals surface area contributed by atoms with Crippen molar-refractivity contribution in [1.29, 1.82) is 0 Å². The van der Waals surface area contributed by atoms with Gasteiger partial charge in [-0.15, -0.1) is 0 Å². The van der Waals surface area contributed by atoms with Crippen LogP contribution in [0.25, 0.3) is 0 Å². The summed E-state index contributed by atoms with van der Waals surface area (Å²) >= 11 is 0. The van der Waals surface area contributed by atoms with Gasteiger partial charge in [-0.3, -0.25) is 4.79 Å². The van der Waals surface area contributed by atoms with Gasteiger partial charge in [0.25, 0.3) is 0 Å². The maximum atomic E-state index is 13.2. The minimum absolute atomic E-state index is 0.177. The van der Waals surface area contributed by atoms with E-state index in [4.69, 9.17) is 0 Å². The van der Waals surface area contributed by atoms with Crippen molar-refractivity contribution in [1.82, 2.24) is 15.1 Å². The Morgan fingerprint density at radius 2 is 2.46 bits per heavy atom. The Morgan fingerprint density at radius 3 is 2.92 bits per heavy atom. The predicted octanol–water partition coefficient (Wildman–Crippen LogP) is 0.678. The topological polar surface area (TPSA) is 46.9 Å². The molecule has 5 heteroatoms. The van der Waals surface area contributed by atoms with E-state index in [1.54, 1.807) is 6.92 Å². The molecule has 0 atom stereocenters. The van der Waals surface area contributed by atoms with Gasteiger partial charge in [-0.05, 0) is 6.92 Å².